The molecule has 5 aromatic rings. The van der Waals surface area contributed by atoms with Crippen molar-refractivity contribution in [1.82, 2.24) is 14.9 Å². The number of aromatic amines is 1. The standard InChI is InChI=1S/C25H21N5S/c1-29(2)20-13-11-17(12-14-20)24-27-28-25(31)30(24)26-16-23-21-9-5-3-7-18(21)15-19-8-4-6-10-22(19)23/h3-16H,1-2H3,(H,28,31)/b26-16-. The number of anilines is 1. The van der Waals surface area contributed by atoms with Crippen LogP contribution < -0.4 is 4.90 Å². The molecule has 5 nitrogen and oxygen atoms in total. The number of H-pyrrole nitrogens is 1. The summed E-state index contributed by atoms with van der Waals surface area (Å²) in [5.41, 5.74) is 3.12. The lowest BCUT2D eigenvalue weighted by Crippen LogP contribution is -2.08. The predicted molar refractivity (Wildman–Crippen MR) is 132 cm³/mol. The zero-order valence-corrected chi connectivity index (χ0v) is 18.1. The third-order valence-corrected chi connectivity index (χ3v) is 5.67. The molecule has 0 fully saturated rings. The molecule has 1 heterocycles. The molecule has 0 atom stereocenters. The van der Waals surface area contributed by atoms with Gasteiger partial charge in [0.2, 0.25) is 4.77 Å². The van der Waals surface area contributed by atoms with Gasteiger partial charge in [0.1, 0.15) is 0 Å². The first-order valence-electron chi connectivity index (χ1n) is 10.0. The van der Waals surface area contributed by atoms with E-state index in [0.717, 1.165) is 27.6 Å². The Balaban J connectivity index is 1.64. The molecule has 1 aromatic heterocycles. The number of aromatic nitrogens is 3. The molecule has 0 bridgehead atoms. The third-order valence-electron chi connectivity index (χ3n) is 5.41. The van der Waals surface area contributed by atoms with Crippen LogP contribution in [0.15, 0.2) is 84.0 Å². The van der Waals surface area contributed by atoms with E-state index in [1.807, 2.05) is 32.4 Å². The van der Waals surface area contributed by atoms with E-state index in [1.54, 1.807) is 4.68 Å². The van der Waals surface area contributed by atoms with Crippen molar-refractivity contribution in [2.75, 3.05) is 19.0 Å². The van der Waals surface area contributed by atoms with Crippen LogP contribution in [-0.2, 0) is 0 Å². The van der Waals surface area contributed by atoms with Gasteiger partial charge in [0.05, 0.1) is 6.21 Å². The molecule has 4 aromatic carbocycles. The molecule has 0 unspecified atom stereocenters. The van der Waals surface area contributed by atoms with Crippen molar-refractivity contribution in [2.24, 2.45) is 5.10 Å². The van der Waals surface area contributed by atoms with Gasteiger partial charge in [0.25, 0.3) is 0 Å². The quantitative estimate of drug-likeness (QED) is 0.224. The minimum Gasteiger partial charge on any atom is -0.378 e. The summed E-state index contributed by atoms with van der Waals surface area (Å²) >= 11 is 5.47. The summed E-state index contributed by atoms with van der Waals surface area (Å²) in [5.74, 6) is 0.677. The highest BCUT2D eigenvalue weighted by molar-refractivity contribution is 7.71. The average molecular weight is 424 g/mol. The van der Waals surface area contributed by atoms with Crippen LogP contribution in [0.3, 0.4) is 0 Å². The SMILES string of the molecule is CN(C)c1ccc(-c2n[nH]c(=S)n2/N=C\c2c3ccccc3cc3ccccc23)cc1. The highest BCUT2D eigenvalue weighted by Crippen LogP contribution is 2.27. The van der Waals surface area contributed by atoms with Gasteiger partial charge in [-0.15, -0.1) is 0 Å². The molecule has 0 spiro atoms. The van der Waals surface area contributed by atoms with E-state index in [-0.39, 0.29) is 0 Å². The second kappa shape index (κ2) is 7.81. The molecule has 0 saturated heterocycles. The summed E-state index contributed by atoms with van der Waals surface area (Å²) in [4.78, 5) is 2.06. The second-order valence-corrected chi connectivity index (χ2v) is 7.97. The molecule has 152 valence electrons. The van der Waals surface area contributed by atoms with Gasteiger partial charge in [-0.25, -0.2) is 5.10 Å². The lowest BCUT2D eigenvalue weighted by molar-refractivity contribution is 0.872. The van der Waals surface area contributed by atoms with Crippen molar-refractivity contribution in [3.05, 3.63) is 89.2 Å². The Morgan fingerprint density at radius 1 is 0.903 bits per heavy atom. The summed E-state index contributed by atoms with van der Waals surface area (Å²) in [6.45, 7) is 0. The fraction of sp³-hybridized carbons (Fsp3) is 0.0800. The topological polar surface area (TPSA) is 49.2 Å². The summed E-state index contributed by atoms with van der Waals surface area (Å²) in [7, 11) is 4.04. The van der Waals surface area contributed by atoms with E-state index in [0.29, 0.717) is 10.6 Å². The van der Waals surface area contributed by atoms with Crippen molar-refractivity contribution >= 4 is 45.7 Å². The van der Waals surface area contributed by atoms with E-state index in [1.165, 1.54) is 10.8 Å². The normalized spacial score (nSPS) is 11.5. The number of fused-ring (bicyclic) bond motifs is 2. The van der Waals surface area contributed by atoms with Gasteiger partial charge in [0, 0.05) is 30.9 Å². The molecule has 0 saturated carbocycles. The second-order valence-electron chi connectivity index (χ2n) is 7.58. The maximum absolute atomic E-state index is 5.47. The van der Waals surface area contributed by atoms with E-state index >= 15 is 0 Å². The molecule has 1 N–H and O–H groups in total. The zero-order valence-electron chi connectivity index (χ0n) is 17.3. The first kappa shape index (κ1) is 19.2. The lowest BCUT2D eigenvalue weighted by atomic mass is 9.97. The van der Waals surface area contributed by atoms with E-state index in [4.69, 9.17) is 17.3 Å². The van der Waals surface area contributed by atoms with Gasteiger partial charge in [-0.3, -0.25) is 0 Å². The van der Waals surface area contributed by atoms with Crippen molar-refractivity contribution < 1.29 is 0 Å². The van der Waals surface area contributed by atoms with Crippen LogP contribution in [0.25, 0.3) is 32.9 Å². The summed E-state index contributed by atoms with van der Waals surface area (Å²) < 4.78 is 2.13. The van der Waals surface area contributed by atoms with Crippen LogP contribution in [-0.4, -0.2) is 35.2 Å². The molecule has 0 radical (unpaired) electrons. The van der Waals surface area contributed by atoms with E-state index in [9.17, 15) is 0 Å². The van der Waals surface area contributed by atoms with Gasteiger partial charge in [-0.05, 0) is 64.1 Å². The molecule has 0 aliphatic rings. The summed E-state index contributed by atoms with van der Waals surface area (Å²) in [6, 6.07) is 27.1. The molecular formula is C25H21N5S. The maximum atomic E-state index is 5.47. The Bertz CT molecular complexity index is 1420. The van der Waals surface area contributed by atoms with Crippen molar-refractivity contribution in [1.29, 1.82) is 0 Å². The van der Waals surface area contributed by atoms with Crippen LogP contribution in [0.1, 0.15) is 5.56 Å². The number of rotatable bonds is 4. The smallest absolute Gasteiger partial charge is 0.216 e. The molecular weight excluding hydrogens is 402 g/mol. The molecule has 0 amide bonds. The maximum Gasteiger partial charge on any atom is 0.216 e. The Morgan fingerprint density at radius 3 is 2.13 bits per heavy atom. The fourth-order valence-electron chi connectivity index (χ4n) is 3.80. The minimum absolute atomic E-state index is 0.451. The first-order valence-corrected chi connectivity index (χ1v) is 10.4. The minimum atomic E-state index is 0.451. The summed E-state index contributed by atoms with van der Waals surface area (Å²) in [6.07, 6.45) is 1.88. The number of hydrogen-bond acceptors (Lipinski definition) is 4. The first-order chi connectivity index (χ1) is 15.1. The Morgan fingerprint density at radius 2 is 1.52 bits per heavy atom. The van der Waals surface area contributed by atoms with Gasteiger partial charge >= 0.3 is 0 Å². The Hall–Kier alpha value is -3.77. The van der Waals surface area contributed by atoms with Gasteiger partial charge in [-0.1, -0.05) is 48.5 Å². The number of hydrogen-bond donors (Lipinski definition) is 1. The number of nitrogens with one attached hydrogen (secondary N) is 1. The Labute approximate surface area is 185 Å². The van der Waals surface area contributed by atoms with E-state index < -0.39 is 0 Å². The molecule has 5 rings (SSSR count). The van der Waals surface area contributed by atoms with Gasteiger partial charge in [-0.2, -0.15) is 14.9 Å². The molecule has 0 aliphatic heterocycles. The predicted octanol–water partition coefficient (Wildman–Crippen LogP) is 5.86. The highest BCUT2D eigenvalue weighted by atomic mass is 32.1. The van der Waals surface area contributed by atoms with Crippen molar-refractivity contribution in [2.45, 2.75) is 0 Å². The lowest BCUT2D eigenvalue weighted by Gasteiger charge is -2.12. The van der Waals surface area contributed by atoms with Crippen LogP contribution in [0.2, 0.25) is 0 Å². The van der Waals surface area contributed by atoms with E-state index in [2.05, 4.69) is 81.8 Å². The van der Waals surface area contributed by atoms with Crippen LogP contribution in [0, 0.1) is 4.77 Å². The molecule has 31 heavy (non-hydrogen) atoms. The van der Waals surface area contributed by atoms with Crippen LogP contribution in [0.5, 0.6) is 0 Å². The number of nitrogens with zero attached hydrogens (tertiary/aromatic N) is 4. The van der Waals surface area contributed by atoms with Crippen molar-refractivity contribution in [3.63, 3.8) is 0 Å². The van der Waals surface area contributed by atoms with Gasteiger partial charge < -0.3 is 4.90 Å². The Kier molecular flexibility index (Phi) is 4.84. The van der Waals surface area contributed by atoms with Gasteiger partial charge in [0.15, 0.2) is 5.82 Å². The fourth-order valence-corrected chi connectivity index (χ4v) is 3.98. The highest BCUT2D eigenvalue weighted by Gasteiger charge is 2.10. The largest absolute Gasteiger partial charge is 0.378 e. The summed E-state index contributed by atoms with van der Waals surface area (Å²) in [5, 5.41) is 16.7. The number of benzene rings is 4. The average Bonchev–Trinajstić information content (AvgIpc) is 3.17. The molecule has 0 aliphatic carbocycles. The zero-order chi connectivity index (χ0) is 21.4. The van der Waals surface area contributed by atoms with Crippen LogP contribution >= 0.6 is 12.2 Å². The molecule has 6 heteroatoms. The monoisotopic (exact) mass is 423 g/mol. The van der Waals surface area contributed by atoms with Crippen molar-refractivity contribution in [3.8, 4) is 11.4 Å². The third kappa shape index (κ3) is 3.51. The van der Waals surface area contributed by atoms with Crippen LogP contribution in [0.4, 0.5) is 5.69 Å².